The average molecular weight is 428 g/mol. The Bertz CT molecular complexity index is 1150. The highest BCUT2D eigenvalue weighted by molar-refractivity contribution is 5.97. The molecule has 2 aliphatic rings. The fraction of sp³-hybridized carbons (Fsp3) is 0.269. The van der Waals surface area contributed by atoms with Gasteiger partial charge in [-0.05, 0) is 35.7 Å². The highest BCUT2D eigenvalue weighted by Gasteiger charge is 2.54. The van der Waals surface area contributed by atoms with E-state index in [-0.39, 0.29) is 43.0 Å². The van der Waals surface area contributed by atoms with Crippen LogP contribution in [-0.2, 0) is 4.79 Å². The Morgan fingerprint density at radius 2 is 1.91 bits per heavy atom. The van der Waals surface area contributed by atoms with Crippen molar-refractivity contribution >= 4 is 11.8 Å². The zero-order valence-corrected chi connectivity index (χ0v) is 17.9. The smallest absolute Gasteiger partial charge is 0.255 e. The minimum atomic E-state index is -0.257. The van der Waals surface area contributed by atoms with Gasteiger partial charge < -0.3 is 14.9 Å². The highest BCUT2D eigenvalue weighted by atomic mass is 16.3. The van der Waals surface area contributed by atoms with Crippen molar-refractivity contribution in [2.45, 2.75) is 24.9 Å². The van der Waals surface area contributed by atoms with Crippen LogP contribution >= 0.6 is 0 Å². The first-order valence-electron chi connectivity index (χ1n) is 10.8. The predicted molar refractivity (Wildman–Crippen MR) is 121 cm³/mol. The number of rotatable bonds is 4. The molecule has 2 aliphatic heterocycles. The quantitative estimate of drug-likeness (QED) is 0.695. The van der Waals surface area contributed by atoms with Gasteiger partial charge in [0.15, 0.2) is 0 Å². The molecule has 32 heavy (non-hydrogen) atoms. The number of aryl methyl sites for hydroxylation is 1. The lowest BCUT2D eigenvalue weighted by Gasteiger charge is -2.58. The van der Waals surface area contributed by atoms with Gasteiger partial charge in [-0.3, -0.25) is 14.6 Å². The molecule has 3 atom stereocenters. The van der Waals surface area contributed by atoms with Crippen LogP contribution in [0.3, 0.4) is 0 Å². The van der Waals surface area contributed by atoms with Crippen LogP contribution in [0, 0.1) is 6.92 Å². The van der Waals surface area contributed by atoms with Crippen LogP contribution in [0.15, 0.2) is 73.1 Å². The molecule has 2 amide bonds. The average Bonchev–Trinajstić information content (AvgIpc) is 2.81. The van der Waals surface area contributed by atoms with Crippen LogP contribution in [0.1, 0.15) is 27.4 Å². The predicted octanol–water partition coefficient (Wildman–Crippen LogP) is 2.87. The normalized spacial score (nSPS) is 22.3. The molecular weight excluding hydrogens is 402 g/mol. The van der Waals surface area contributed by atoms with Gasteiger partial charge >= 0.3 is 0 Å². The van der Waals surface area contributed by atoms with Crippen LogP contribution in [-0.4, -0.2) is 63.5 Å². The van der Waals surface area contributed by atoms with Crippen molar-refractivity contribution < 1.29 is 14.7 Å². The van der Waals surface area contributed by atoms with Crippen molar-refractivity contribution in [3.05, 3.63) is 89.7 Å². The number of hydrogen-bond donors (Lipinski definition) is 1. The second-order valence-corrected chi connectivity index (χ2v) is 8.56. The summed E-state index contributed by atoms with van der Waals surface area (Å²) in [6.45, 7) is 2.45. The van der Waals surface area contributed by atoms with Crippen LogP contribution in [0.2, 0.25) is 0 Å². The van der Waals surface area contributed by atoms with Crippen molar-refractivity contribution in [1.82, 2.24) is 14.8 Å². The van der Waals surface area contributed by atoms with Crippen LogP contribution in [0.4, 0.5) is 0 Å². The Morgan fingerprint density at radius 3 is 2.59 bits per heavy atom. The van der Waals surface area contributed by atoms with E-state index in [0.717, 1.165) is 16.7 Å². The number of nitrogens with zero attached hydrogens (tertiary/aromatic N) is 3. The standard InChI is InChI=1S/C26H25N3O3/c1-17-4-2-5-20(12-17)18-7-9-19(10-8-18)25-22-14-28(15-24(31)29(22)23(25)16-30)26(32)21-6-3-11-27-13-21/h2-13,22-23,25,30H,14-16H2,1H3/t22?,23-,25+/m0/s1. The summed E-state index contributed by atoms with van der Waals surface area (Å²) in [6, 6.07) is 19.7. The third kappa shape index (κ3) is 3.46. The molecule has 1 unspecified atom stereocenters. The lowest BCUT2D eigenvalue weighted by Crippen LogP contribution is -2.73. The molecule has 5 rings (SSSR count). The molecule has 0 bridgehead atoms. The number of carbonyl (C=O) groups excluding carboxylic acids is 2. The number of benzene rings is 2. The van der Waals surface area contributed by atoms with E-state index in [0.29, 0.717) is 12.1 Å². The molecule has 1 aromatic heterocycles. The van der Waals surface area contributed by atoms with Gasteiger partial charge in [0.1, 0.15) is 6.54 Å². The topological polar surface area (TPSA) is 73.7 Å². The summed E-state index contributed by atoms with van der Waals surface area (Å²) < 4.78 is 0. The fourth-order valence-electron chi connectivity index (χ4n) is 5.05. The Labute approximate surface area is 187 Å². The summed E-state index contributed by atoms with van der Waals surface area (Å²) in [5.74, 6) is -0.322. The number of hydrogen-bond acceptors (Lipinski definition) is 4. The first kappa shape index (κ1) is 20.4. The molecule has 6 nitrogen and oxygen atoms in total. The van der Waals surface area contributed by atoms with E-state index in [4.69, 9.17) is 0 Å². The molecule has 3 heterocycles. The number of carbonyl (C=O) groups is 2. The van der Waals surface area contributed by atoms with E-state index in [9.17, 15) is 14.7 Å². The van der Waals surface area contributed by atoms with Crippen molar-refractivity contribution in [1.29, 1.82) is 0 Å². The van der Waals surface area contributed by atoms with Gasteiger partial charge in [-0.2, -0.15) is 0 Å². The molecule has 1 N–H and O–H groups in total. The van der Waals surface area contributed by atoms with Gasteiger partial charge in [0.05, 0.1) is 24.3 Å². The molecule has 3 aromatic rings. The molecule has 0 radical (unpaired) electrons. The monoisotopic (exact) mass is 427 g/mol. The van der Waals surface area contributed by atoms with E-state index >= 15 is 0 Å². The number of piperazine rings is 1. The minimum Gasteiger partial charge on any atom is -0.394 e. The maximum absolute atomic E-state index is 12.9. The number of amides is 2. The summed E-state index contributed by atoms with van der Waals surface area (Å²) in [5.41, 5.74) is 5.05. The van der Waals surface area contributed by atoms with E-state index in [2.05, 4.69) is 54.4 Å². The zero-order chi connectivity index (χ0) is 22.2. The highest BCUT2D eigenvalue weighted by Crippen LogP contribution is 2.43. The Hall–Kier alpha value is -3.51. The Balaban J connectivity index is 1.39. The summed E-state index contributed by atoms with van der Waals surface area (Å²) in [6.07, 6.45) is 3.14. The molecule has 0 aliphatic carbocycles. The third-order valence-corrected chi connectivity index (χ3v) is 6.59. The largest absolute Gasteiger partial charge is 0.394 e. The number of fused-ring (bicyclic) bond motifs is 1. The van der Waals surface area contributed by atoms with Crippen molar-refractivity contribution in [2.24, 2.45) is 0 Å². The minimum absolute atomic E-state index is 0.0139. The second kappa shape index (κ2) is 8.20. The van der Waals surface area contributed by atoms with Gasteiger partial charge in [0, 0.05) is 24.9 Å². The lowest BCUT2D eigenvalue weighted by molar-refractivity contribution is -0.159. The third-order valence-electron chi connectivity index (χ3n) is 6.59. The van der Waals surface area contributed by atoms with Crippen LogP contribution in [0.25, 0.3) is 11.1 Å². The molecule has 162 valence electrons. The first-order chi connectivity index (χ1) is 15.6. The number of aromatic nitrogens is 1. The Morgan fingerprint density at radius 1 is 1.09 bits per heavy atom. The molecule has 2 aromatic carbocycles. The number of aliphatic hydroxyl groups is 1. The molecule has 2 fully saturated rings. The first-order valence-corrected chi connectivity index (χ1v) is 10.8. The SMILES string of the molecule is Cc1cccc(-c2ccc([C@@H]3C4CN(C(=O)c5cccnc5)CC(=O)N4[C@H]3CO)cc2)c1. The van der Waals surface area contributed by atoms with Crippen molar-refractivity contribution in [2.75, 3.05) is 19.7 Å². The van der Waals surface area contributed by atoms with Gasteiger partial charge in [-0.25, -0.2) is 0 Å². The molecule has 0 spiro atoms. The van der Waals surface area contributed by atoms with E-state index < -0.39 is 0 Å². The maximum atomic E-state index is 12.9. The van der Waals surface area contributed by atoms with Gasteiger partial charge in [0.2, 0.25) is 5.91 Å². The van der Waals surface area contributed by atoms with Crippen LogP contribution < -0.4 is 0 Å². The Kier molecular flexibility index (Phi) is 5.23. The van der Waals surface area contributed by atoms with E-state index in [1.165, 1.54) is 11.8 Å². The van der Waals surface area contributed by atoms with Crippen molar-refractivity contribution in [3.8, 4) is 11.1 Å². The second-order valence-electron chi connectivity index (χ2n) is 8.56. The number of pyridine rings is 1. The van der Waals surface area contributed by atoms with Gasteiger partial charge in [-0.1, -0.05) is 54.1 Å². The van der Waals surface area contributed by atoms with Crippen molar-refractivity contribution in [3.63, 3.8) is 0 Å². The zero-order valence-electron chi connectivity index (χ0n) is 17.9. The lowest BCUT2D eigenvalue weighted by atomic mass is 9.73. The van der Waals surface area contributed by atoms with E-state index in [1.54, 1.807) is 28.1 Å². The fourth-order valence-corrected chi connectivity index (χ4v) is 5.05. The summed E-state index contributed by atoms with van der Waals surface area (Å²) >= 11 is 0. The summed E-state index contributed by atoms with van der Waals surface area (Å²) in [4.78, 5) is 33.1. The molecule has 0 saturated carbocycles. The summed E-state index contributed by atoms with van der Waals surface area (Å²) in [5, 5.41) is 10.0. The summed E-state index contributed by atoms with van der Waals surface area (Å²) in [7, 11) is 0. The number of aliphatic hydroxyl groups excluding tert-OH is 1. The van der Waals surface area contributed by atoms with Gasteiger partial charge in [-0.15, -0.1) is 0 Å². The molecular formula is C26H25N3O3. The van der Waals surface area contributed by atoms with E-state index in [1.807, 2.05) is 6.07 Å². The van der Waals surface area contributed by atoms with Crippen LogP contribution in [0.5, 0.6) is 0 Å². The molecule has 6 heteroatoms. The van der Waals surface area contributed by atoms with Gasteiger partial charge in [0.25, 0.3) is 5.91 Å². The molecule has 2 saturated heterocycles. The maximum Gasteiger partial charge on any atom is 0.255 e.